The number of hydrogen-bond donors (Lipinski definition) is 2. The van der Waals surface area contributed by atoms with E-state index in [1.54, 1.807) is 0 Å². The molecule has 2 rings (SSSR count). The largest absolute Gasteiger partial charge is 0.352 e. The second-order valence-electron chi connectivity index (χ2n) is 6.08. The van der Waals surface area contributed by atoms with Crippen molar-refractivity contribution < 1.29 is 4.79 Å². The molecule has 3 nitrogen and oxygen atoms in total. The molecule has 1 aliphatic carbocycles. The van der Waals surface area contributed by atoms with E-state index in [0.717, 1.165) is 18.9 Å². The Bertz CT molecular complexity index is 279. The van der Waals surface area contributed by atoms with Gasteiger partial charge in [-0.1, -0.05) is 20.8 Å². The fourth-order valence-corrected chi connectivity index (χ4v) is 3.24. The number of nitrogens with one attached hydrogen (secondary N) is 2. The molecule has 2 aliphatic rings. The Balaban J connectivity index is 1.88. The molecule has 5 unspecified atom stereocenters. The Labute approximate surface area is 105 Å². The molecule has 0 spiro atoms. The van der Waals surface area contributed by atoms with Crippen LogP contribution in [0.3, 0.4) is 0 Å². The van der Waals surface area contributed by atoms with Gasteiger partial charge < -0.3 is 10.6 Å². The second kappa shape index (κ2) is 5.38. The van der Waals surface area contributed by atoms with Crippen LogP contribution in [0.4, 0.5) is 0 Å². The zero-order chi connectivity index (χ0) is 12.4. The SMILES string of the molecule is CC1CCCNC1C(=O)NC1CCC(C)C1C. The van der Waals surface area contributed by atoms with Gasteiger partial charge in [0.15, 0.2) is 0 Å². The summed E-state index contributed by atoms with van der Waals surface area (Å²) in [6.07, 6.45) is 4.76. The molecule has 2 N–H and O–H groups in total. The van der Waals surface area contributed by atoms with Crippen LogP contribution in [0, 0.1) is 17.8 Å². The van der Waals surface area contributed by atoms with Crippen molar-refractivity contribution in [3.8, 4) is 0 Å². The summed E-state index contributed by atoms with van der Waals surface area (Å²) in [5, 5.41) is 6.61. The first-order chi connectivity index (χ1) is 8.09. The number of carbonyl (C=O) groups excluding carboxylic acids is 1. The minimum Gasteiger partial charge on any atom is -0.352 e. The molecule has 1 amide bonds. The average Bonchev–Trinajstić information content (AvgIpc) is 2.61. The molecule has 0 aromatic heterocycles. The molecule has 0 bridgehead atoms. The lowest BCUT2D eigenvalue weighted by Crippen LogP contribution is -2.53. The van der Waals surface area contributed by atoms with Crippen LogP contribution < -0.4 is 10.6 Å². The van der Waals surface area contributed by atoms with Gasteiger partial charge in [-0.2, -0.15) is 0 Å². The van der Waals surface area contributed by atoms with Crippen LogP contribution in [0.25, 0.3) is 0 Å². The van der Waals surface area contributed by atoms with E-state index >= 15 is 0 Å². The molecular weight excluding hydrogens is 212 g/mol. The first-order valence-corrected chi connectivity index (χ1v) is 7.13. The summed E-state index contributed by atoms with van der Waals surface area (Å²) in [4.78, 5) is 12.2. The molecule has 17 heavy (non-hydrogen) atoms. The molecule has 0 radical (unpaired) electrons. The van der Waals surface area contributed by atoms with Gasteiger partial charge >= 0.3 is 0 Å². The third-order valence-electron chi connectivity index (χ3n) is 4.84. The summed E-state index contributed by atoms with van der Waals surface area (Å²) in [6, 6.07) is 0.431. The van der Waals surface area contributed by atoms with Crippen LogP contribution in [0.15, 0.2) is 0 Å². The zero-order valence-corrected chi connectivity index (χ0v) is 11.3. The van der Waals surface area contributed by atoms with E-state index in [0.29, 0.717) is 17.9 Å². The molecule has 1 saturated carbocycles. The Hall–Kier alpha value is -0.570. The molecule has 1 aliphatic heterocycles. The first-order valence-electron chi connectivity index (χ1n) is 7.13. The lowest BCUT2D eigenvalue weighted by molar-refractivity contribution is -0.125. The predicted molar refractivity (Wildman–Crippen MR) is 69.7 cm³/mol. The van der Waals surface area contributed by atoms with E-state index in [1.165, 1.54) is 19.3 Å². The maximum atomic E-state index is 12.2. The topological polar surface area (TPSA) is 41.1 Å². The number of rotatable bonds is 2. The van der Waals surface area contributed by atoms with Gasteiger partial charge in [0.05, 0.1) is 6.04 Å². The Morgan fingerprint density at radius 1 is 1.12 bits per heavy atom. The van der Waals surface area contributed by atoms with Crippen molar-refractivity contribution in [2.24, 2.45) is 17.8 Å². The molecule has 98 valence electrons. The monoisotopic (exact) mass is 238 g/mol. The van der Waals surface area contributed by atoms with Crippen LogP contribution in [0.5, 0.6) is 0 Å². The lowest BCUT2D eigenvalue weighted by atomic mass is 9.91. The van der Waals surface area contributed by atoms with Gasteiger partial charge in [-0.3, -0.25) is 4.79 Å². The highest BCUT2D eigenvalue weighted by Gasteiger charge is 2.34. The van der Waals surface area contributed by atoms with E-state index in [2.05, 4.69) is 31.4 Å². The van der Waals surface area contributed by atoms with Crippen molar-refractivity contribution in [3.63, 3.8) is 0 Å². The van der Waals surface area contributed by atoms with Crippen molar-refractivity contribution in [2.45, 2.75) is 58.5 Å². The minimum atomic E-state index is 0.0341. The number of amides is 1. The van der Waals surface area contributed by atoms with Gasteiger partial charge in [0.1, 0.15) is 0 Å². The summed E-state index contributed by atoms with van der Waals surface area (Å²) in [5.74, 6) is 2.07. The van der Waals surface area contributed by atoms with Gasteiger partial charge in [-0.25, -0.2) is 0 Å². The Morgan fingerprint density at radius 3 is 2.47 bits per heavy atom. The minimum absolute atomic E-state index is 0.0341. The molecule has 3 heteroatoms. The summed E-state index contributed by atoms with van der Waals surface area (Å²) in [5.41, 5.74) is 0. The molecule has 5 atom stereocenters. The summed E-state index contributed by atoms with van der Waals surface area (Å²) < 4.78 is 0. The Morgan fingerprint density at radius 2 is 1.88 bits per heavy atom. The Kier molecular flexibility index (Phi) is 4.08. The van der Waals surface area contributed by atoms with Crippen molar-refractivity contribution in [1.82, 2.24) is 10.6 Å². The van der Waals surface area contributed by atoms with Crippen LogP contribution in [0.1, 0.15) is 46.5 Å². The quantitative estimate of drug-likeness (QED) is 0.772. The highest BCUT2D eigenvalue weighted by atomic mass is 16.2. The van der Waals surface area contributed by atoms with Crippen LogP contribution in [-0.4, -0.2) is 24.5 Å². The molecule has 0 aromatic carbocycles. The number of hydrogen-bond acceptors (Lipinski definition) is 2. The smallest absolute Gasteiger partial charge is 0.237 e. The van der Waals surface area contributed by atoms with Crippen molar-refractivity contribution in [3.05, 3.63) is 0 Å². The maximum Gasteiger partial charge on any atom is 0.237 e. The van der Waals surface area contributed by atoms with Crippen molar-refractivity contribution >= 4 is 5.91 Å². The van der Waals surface area contributed by atoms with E-state index in [9.17, 15) is 4.79 Å². The molecule has 1 saturated heterocycles. The average molecular weight is 238 g/mol. The fourth-order valence-electron chi connectivity index (χ4n) is 3.24. The molecule has 0 aromatic rings. The highest BCUT2D eigenvalue weighted by Crippen LogP contribution is 2.31. The summed E-state index contributed by atoms with van der Waals surface area (Å²) in [7, 11) is 0. The first kappa shape index (κ1) is 12.9. The van der Waals surface area contributed by atoms with E-state index in [4.69, 9.17) is 0 Å². The van der Waals surface area contributed by atoms with Gasteiger partial charge in [0, 0.05) is 6.04 Å². The van der Waals surface area contributed by atoms with Crippen molar-refractivity contribution in [1.29, 1.82) is 0 Å². The fraction of sp³-hybridized carbons (Fsp3) is 0.929. The molecule has 1 heterocycles. The van der Waals surface area contributed by atoms with Gasteiger partial charge in [0.25, 0.3) is 0 Å². The number of carbonyl (C=O) groups is 1. The zero-order valence-electron chi connectivity index (χ0n) is 11.3. The van der Waals surface area contributed by atoms with Gasteiger partial charge in [-0.05, 0) is 50.0 Å². The van der Waals surface area contributed by atoms with E-state index in [1.807, 2.05) is 0 Å². The van der Waals surface area contributed by atoms with Crippen LogP contribution in [-0.2, 0) is 4.79 Å². The summed E-state index contributed by atoms with van der Waals surface area (Å²) in [6.45, 7) is 7.72. The lowest BCUT2D eigenvalue weighted by Gasteiger charge is -2.31. The summed E-state index contributed by atoms with van der Waals surface area (Å²) >= 11 is 0. The third-order valence-corrected chi connectivity index (χ3v) is 4.84. The van der Waals surface area contributed by atoms with Crippen LogP contribution >= 0.6 is 0 Å². The van der Waals surface area contributed by atoms with Gasteiger partial charge in [0.2, 0.25) is 5.91 Å². The third kappa shape index (κ3) is 2.82. The van der Waals surface area contributed by atoms with Gasteiger partial charge in [-0.15, -0.1) is 0 Å². The predicted octanol–water partition coefficient (Wildman–Crippen LogP) is 1.93. The second-order valence-corrected chi connectivity index (χ2v) is 6.08. The normalized spacial score (nSPS) is 42.4. The molecule has 2 fully saturated rings. The van der Waals surface area contributed by atoms with E-state index < -0.39 is 0 Å². The standard InChI is InChI=1S/C14H26N2O/c1-9-6-7-12(11(9)3)16-14(17)13-10(2)5-4-8-15-13/h9-13,15H,4-8H2,1-3H3,(H,16,17). The highest BCUT2D eigenvalue weighted by molar-refractivity contribution is 5.82. The van der Waals surface area contributed by atoms with Crippen molar-refractivity contribution in [2.75, 3.05) is 6.54 Å². The number of piperidine rings is 1. The van der Waals surface area contributed by atoms with Crippen LogP contribution in [0.2, 0.25) is 0 Å². The maximum absolute atomic E-state index is 12.2. The molecular formula is C14H26N2O. The van der Waals surface area contributed by atoms with E-state index in [-0.39, 0.29) is 11.9 Å².